The number of halogens is 2. The van der Waals surface area contributed by atoms with Crippen molar-refractivity contribution >= 4 is 22.1 Å². The van der Waals surface area contributed by atoms with Crippen molar-refractivity contribution in [2.24, 2.45) is 23.2 Å². The van der Waals surface area contributed by atoms with E-state index in [9.17, 15) is 26.8 Å². The lowest BCUT2D eigenvalue weighted by atomic mass is 9.48. The topological polar surface area (TPSA) is 116 Å². The van der Waals surface area contributed by atoms with E-state index in [4.69, 9.17) is 18.8 Å². The lowest BCUT2D eigenvalue weighted by Gasteiger charge is -2.57. The Bertz CT molecular complexity index is 965. The van der Waals surface area contributed by atoms with Crippen LogP contribution in [0.5, 0.6) is 0 Å². The van der Waals surface area contributed by atoms with Gasteiger partial charge in [-0.25, -0.2) is 4.79 Å². The second-order valence-corrected chi connectivity index (χ2v) is 10.5. The molecule has 176 valence electrons. The van der Waals surface area contributed by atoms with Crippen molar-refractivity contribution in [1.29, 1.82) is 0 Å². The molecule has 11 heteroatoms. The average molecular weight is 474 g/mol. The first-order chi connectivity index (χ1) is 15.0. The summed E-state index contributed by atoms with van der Waals surface area (Å²) in [5, 5.41) is -5.03. The molecule has 1 aromatic carbocycles. The summed E-state index contributed by atoms with van der Waals surface area (Å²) in [6.07, 6.45) is 1.46. The molecule has 1 N–H and O–H groups in total. The van der Waals surface area contributed by atoms with Gasteiger partial charge in [-0.2, -0.15) is 17.2 Å². The standard InChI is InChI=1S/C21H24F2O8S/c22-21(23,32(26,27)28)19(25)31-17-15-6-14-7-16(17)10-20(8-14,9-15)18(24)30-12-29-11-13-4-2-1-3-5-13/h1-5,14-17H,6-12H2,(H,26,27,28). The molecule has 0 radical (unpaired) electrons. The number of esters is 2. The molecule has 0 amide bonds. The normalized spacial score (nSPS) is 31.3. The Labute approximate surface area is 184 Å². The van der Waals surface area contributed by atoms with Crippen molar-refractivity contribution in [2.75, 3.05) is 6.79 Å². The molecule has 4 aliphatic carbocycles. The van der Waals surface area contributed by atoms with Crippen molar-refractivity contribution in [1.82, 2.24) is 0 Å². The number of benzene rings is 1. The molecule has 2 atom stereocenters. The van der Waals surface area contributed by atoms with Crippen LogP contribution in [-0.2, 0) is 40.5 Å². The van der Waals surface area contributed by atoms with Gasteiger partial charge in [0.05, 0.1) is 12.0 Å². The summed E-state index contributed by atoms with van der Waals surface area (Å²) in [5.74, 6) is -3.26. The third-order valence-electron chi connectivity index (χ3n) is 6.81. The smallest absolute Gasteiger partial charge is 0.456 e. The van der Waals surface area contributed by atoms with E-state index in [0.29, 0.717) is 32.1 Å². The summed E-state index contributed by atoms with van der Waals surface area (Å²) in [4.78, 5) is 24.7. The summed E-state index contributed by atoms with van der Waals surface area (Å²) in [6.45, 7) is 0.0729. The van der Waals surface area contributed by atoms with Crippen LogP contribution in [0.1, 0.15) is 37.7 Å². The minimum atomic E-state index is -5.93. The van der Waals surface area contributed by atoms with Crippen LogP contribution >= 0.6 is 0 Å². The molecule has 1 aromatic rings. The van der Waals surface area contributed by atoms with Gasteiger partial charge in [-0.05, 0) is 55.4 Å². The highest BCUT2D eigenvalue weighted by Gasteiger charge is 2.62. The van der Waals surface area contributed by atoms with E-state index in [1.807, 2.05) is 30.3 Å². The molecule has 0 aliphatic heterocycles. The molecule has 4 bridgehead atoms. The zero-order valence-corrected chi connectivity index (χ0v) is 17.9. The van der Waals surface area contributed by atoms with Gasteiger partial charge < -0.3 is 14.2 Å². The first kappa shape index (κ1) is 23.1. The maximum Gasteiger partial charge on any atom is 0.465 e. The van der Waals surface area contributed by atoms with E-state index in [2.05, 4.69) is 0 Å². The van der Waals surface area contributed by atoms with Gasteiger partial charge in [0, 0.05) is 0 Å². The van der Waals surface area contributed by atoms with Gasteiger partial charge >= 0.3 is 27.3 Å². The Balaban J connectivity index is 1.36. The zero-order valence-electron chi connectivity index (χ0n) is 17.1. The molecule has 32 heavy (non-hydrogen) atoms. The third-order valence-corrected chi connectivity index (χ3v) is 7.62. The molecule has 4 saturated carbocycles. The predicted octanol–water partition coefficient (Wildman–Crippen LogP) is 2.92. The Morgan fingerprint density at radius 1 is 1.09 bits per heavy atom. The molecule has 8 nitrogen and oxygen atoms in total. The minimum absolute atomic E-state index is 0.169. The third kappa shape index (κ3) is 4.25. The highest BCUT2D eigenvalue weighted by molar-refractivity contribution is 7.87. The molecule has 4 aliphatic rings. The second kappa shape index (κ2) is 8.35. The fourth-order valence-electron chi connectivity index (χ4n) is 5.70. The van der Waals surface area contributed by atoms with Crippen LogP contribution in [0, 0.1) is 23.2 Å². The van der Waals surface area contributed by atoms with Crippen LogP contribution in [-0.4, -0.2) is 43.1 Å². The van der Waals surface area contributed by atoms with E-state index in [0.717, 1.165) is 5.56 Å². The van der Waals surface area contributed by atoms with Crippen LogP contribution in [0.25, 0.3) is 0 Å². The van der Waals surface area contributed by atoms with E-state index in [1.165, 1.54) is 0 Å². The summed E-state index contributed by atoms with van der Waals surface area (Å²) < 4.78 is 73.2. The quantitative estimate of drug-likeness (QED) is 0.265. The summed E-state index contributed by atoms with van der Waals surface area (Å²) in [5.41, 5.74) is 0.144. The SMILES string of the molecule is O=C(OCOCc1ccccc1)C12CC3CC(C1)C(OC(=O)C(F)(F)S(=O)(=O)O)C(C3)C2. The fourth-order valence-corrected chi connectivity index (χ4v) is 5.96. The summed E-state index contributed by atoms with van der Waals surface area (Å²) in [7, 11) is -5.93. The molecule has 0 saturated heterocycles. The van der Waals surface area contributed by atoms with Crippen molar-refractivity contribution in [2.45, 2.75) is 50.1 Å². The number of hydrogen-bond acceptors (Lipinski definition) is 7. The number of alkyl halides is 2. The maximum absolute atomic E-state index is 13.6. The van der Waals surface area contributed by atoms with Gasteiger partial charge in [0.1, 0.15) is 6.10 Å². The van der Waals surface area contributed by atoms with Gasteiger partial charge in [0.15, 0.2) is 6.79 Å². The van der Waals surface area contributed by atoms with Crippen LogP contribution in [0.15, 0.2) is 30.3 Å². The lowest BCUT2D eigenvalue weighted by Crippen LogP contribution is -2.58. The van der Waals surface area contributed by atoms with E-state index >= 15 is 0 Å². The number of rotatable bonds is 8. The van der Waals surface area contributed by atoms with Crippen molar-refractivity contribution in [3.8, 4) is 0 Å². The van der Waals surface area contributed by atoms with E-state index in [1.54, 1.807) is 0 Å². The first-order valence-corrected chi connectivity index (χ1v) is 11.8. The minimum Gasteiger partial charge on any atom is -0.456 e. The summed E-state index contributed by atoms with van der Waals surface area (Å²) in [6, 6.07) is 9.39. The molecule has 5 rings (SSSR count). The van der Waals surface area contributed by atoms with Crippen LogP contribution in [0.4, 0.5) is 8.78 Å². The molecule has 0 aromatic heterocycles. The van der Waals surface area contributed by atoms with Crippen LogP contribution in [0.2, 0.25) is 0 Å². The monoisotopic (exact) mass is 474 g/mol. The van der Waals surface area contributed by atoms with Gasteiger partial charge in [-0.3, -0.25) is 9.35 Å². The zero-order chi connectivity index (χ0) is 23.1. The van der Waals surface area contributed by atoms with Crippen molar-refractivity contribution < 1.29 is 45.6 Å². The van der Waals surface area contributed by atoms with Gasteiger partial charge in [0.2, 0.25) is 0 Å². The largest absolute Gasteiger partial charge is 0.465 e. The van der Waals surface area contributed by atoms with E-state index in [-0.39, 0.29) is 31.2 Å². The number of ether oxygens (including phenoxy) is 3. The molecule has 0 spiro atoms. The van der Waals surface area contributed by atoms with Crippen molar-refractivity contribution in [3.63, 3.8) is 0 Å². The lowest BCUT2D eigenvalue weighted by molar-refractivity contribution is -0.208. The maximum atomic E-state index is 13.6. The Hall–Kier alpha value is -2.11. The molecule has 2 unspecified atom stereocenters. The number of carbonyl (C=O) groups excluding carboxylic acids is 2. The van der Waals surface area contributed by atoms with Gasteiger partial charge in [0.25, 0.3) is 0 Å². The van der Waals surface area contributed by atoms with Gasteiger partial charge in [-0.1, -0.05) is 30.3 Å². The fraction of sp³-hybridized carbons (Fsp3) is 0.619. The summed E-state index contributed by atoms with van der Waals surface area (Å²) >= 11 is 0. The molecular weight excluding hydrogens is 450 g/mol. The second-order valence-electron chi connectivity index (χ2n) is 9.00. The number of carbonyl (C=O) groups is 2. The van der Waals surface area contributed by atoms with Crippen LogP contribution in [0.3, 0.4) is 0 Å². The molecule has 0 heterocycles. The highest BCUT2D eigenvalue weighted by Crippen LogP contribution is 2.61. The Kier molecular flexibility index (Phi) is 6.01. The predicted molar refractivity (Wildman–Crippen MR) is 105 cm³/mol. The van der Waals surface area contributed by atoms with Gasteiger partial charge in [-0.15, -0.1) is 0 Å². The van der Waals surface area contributed by atoms with Crippen molar-refractivity contribution in [3.05, 3.63) is 35.9 Å². The highest BCUT2D eigenvalue weighted by atomic mass is 32.2. The Morgan fingerprint density at radius 3 is 2.31 bits per heavy atom. The molecular formula is C21H24F2O8S. The first-order valence-electron chi connectivity index (χ1n) is 10.4. The van der Waals surface area contributed by atoms with Crippen LogP contribution < -0.4 is 0 Å². The number of hydrogen-bond donors (Lipinski definition) is 1. The molecule has 4 fully saturated rings. The van der Waals surface area contributed by atoms with E-state index < -0.39 is 38.8 Å². The Morgan fingerprint density at radius 2 is 1.72 bits per heavy atom. The average Bonchev–Trinajstić information content (AvgIpc) is 2.73.